The molecule has 0 amide bonds. The second kappa shape index (κ2) is 2.89. The van der Waals surface area contributed by atoms with Crippen LogP contribution in [0.5, 0.6) is 0 Å². The predicted molar refractivity (Wildman–Crippen MR) is 50.1 cm³/mol. The number of hydrogen-bond donors (Lipinski definition) is 0. The third-order valence-electron chi connectivity index (χ3n) is 2.75. The molecule has 1 heteroatoms. The summed E-state index contributed by atoms with van der Waals surface area (Å²) < 4.78 is 0. The first-order valence-electron chi connectivity index (χ1n) is 4.71. The maximum atomic E-state index is 4.42. The summed E-state index contributed by atoms with van der Waals surface area (Å²) in [6.45, 7) is 4.62. The molecule has 0 aliphatic heterocycles. The highest BCUT2D eigenvalue weighted by atomic mass is 14.7. The molecule has 2 atom stereocenters. The third kappa shape index (κ3) is 1.24. The predicted octanol–water partition coefficient (Wildman–Crippen LogP) is 2.77. The van der Waals surface area contributed by atoms with Crippen LogP contribution in [0.1, 0.15) is 37.4 Å². The van der Waals surface area contributed by atoms with Gasteiger partial charge >= 0.3 is 0 Å². The van der Waals surface area contributed by atoms with Gasteiger partial charge in [0.25, 0.3) is 0 Å². The number of pyridine rings is 1. The molecule has 0 N–H and O–H groups in total. The van der Waals surface area contributed by atoms with E-state index in [1.165, 1.54) is 24.1 Å². The van der Waals surface area contributed by atoms with Gasteiger partial charge in [0.05, 0.1) is 0 Å². The molecule has 1 aliphatic carbocycles. The van der Waals surface area contributed by atoms with E-state index in [0.717, 1.165) is 5.92 Å². The Kier molecular flexibility index (Phi) is 1.87. The van der Waals surface area contributed by atoms with Crippen LogP contribution < -0.4 is 0 Å². The molecule has 1 heterocycles. The third-order valence-corrected chi connectivity index (χ3v) is 2.75. The Hall–Kier alpha value is -0.850. The summed E-state index contributed by atoms with van der Waals surface area (Å²) >= 11 is 0. The van der Waals surface area contributed by atoms with Crippen LogP contribution in [0.2, 0.25) is 0 Å². The fourth-order valence-corrected chi connectivity index (χ4v) is 2.21. The first-order chi connectivity index (χ1) is 5.77. The summed E-state index contributed by atoms with van der Waals surface area (Å²) in [7, 11) is 0. The minimum absolute atomic E-state index is 0.706. The van der Waals surface area contributed by atoms with Gasteiger partial charge in [0.2, 0.25) is 0 Å². The fourth-order valence-electron chi connectivity index (χ4n) is 2.21. The second-order valence-electron chi connectivity index (χ2n) is 3.99. The lowest BCUT2D eigenvalue weighted by atomic mass is 9.81. The van der Waals surface area contributed by atoms with Crippen molar-refractivity contribution in [2.45, 2.75) is 32.6 Å². The largest absolute Gasteiger partial charge is 0.261 e. The van der Waals surface area contributed by atoms with E-state index in [4.69, 9.17) is 0 Å². The van der Waals surface area contributed by atoms with E-state index in [1.807, 2.05) is 12.3 Å². The molecule has 1 aromatic heterocycles. The Bertz CT molecular complexity index is 280. The molecule has 2 rings (SSSR count). The first kappa shape index (κ1) is 7.78. The van der Waals surface area contributed by atoms with Crippen LogP contribution >= 0.6 is 0 Å². The summed E-state index contributed by atoms with van der Waals surface area (Å²) in [4.78, 5) is 4.42. The van der Waals surface area contributed by atoms with Crippen molar-refractivity contribution in [1.82, 2.24) is 4.98 Å². The SMILES string of the molecule is CC1Cc2ncccc2C(C)C1. The Morgan fingerprint density at radius 3 is 3.08 bits per heavy atom. The first-order valence-corrected chi connectivity index (χ1v) is 4.71. The zero-order chi connectivity index (χ0) is 8.55. The standard InChI is InChI=1S/C11H15N/c1-8-6-9(2)10-4-3-5-12-11(10)7-8/h3-5,8-9H,6-7H2,1-2H3. The minimum atomic E-state index is 0.706. The lowest BCUT2D eigenvalue weighted by Crippen LogP contribution is -2.15. The topological polar surface area (TPSA) is 12.9 Å². The van der Waals surface area contributed by atoms with E-state index in [0.29, 0.717) is 5.92 Å². The van der Waals surface area contributed by atoms with Crippen LogP contribution in [0.3, 0.4) is 0 Å². The summed E-state index contributed by atoms with van der Waals surface area (Å²) in [5.41, 5.74) is 2.79. The maximum absolute atomic E-state index is 4.42. The van der Waals surface area contributed by atoms with E-state index >= 15 is 0 Å². The van der Waals surface area contributed by atoms with Gasteiger partial charge in [0.15, 0.2) is 0 Å². The monoisotopic (exact) mass is 161 g/mol. The average molecular weight is 161 g/mol. The lowest BCUT2D eigenvalue weighted by molar-refractivity contribution is 0.442. The average Bonchev–Trinajstić information content (AvgIpc) is 2.04. The van der Waals surface area contributed by atoms with Crippen LogP contribution in [0.25, 0.3) is 0 Å². The van der Waals surface area contributed by atoms with E-state index in [2.05, 4.69) is 24.9 Å². The molecule has 1 aromatic rings. The normalized spacial score (nSPS) is 28.2. The van der Waals surface area contributed by atoms with Crippen molar-refractivity contribution >= 4 is 0 Å². The summed E-state index contributed by atoms with van der Waals surface area (Å²) in [5, 5.41) is 0. The molecule has 0 radical (unpaired) electrons. The number of fused-ring (bicyclic) bond motifs is 1. The van der Waals surface area contributed by atoms with Crippen LogP contribution in [-0.2, 0) is 6.42 Å². The van der Waals surface area contributed by atoms with Gasteiger partial charge in [-0.05, 0) is 36.3 Å². The van der Waals surface area contributed by atoms with Gasteiger partial charge in [-0.3, -0.25) is 4.98 Å². The van der Waals surface area contributed by atoms with E-state index in [9.17, 15) is 0 Å². The Morgan fingerprint density at radius 1 is 1.42 bits per heavy atom. The molecule has 0 fully saturated rings. The highest BCUT2D eigenvalue weighted by molar-refractivity contribution is 5.26. The highest BCUT2D eigenvalue weighted by Crippen LogP contribution is 2.32. The van der Waals surface area contributed by atoms with E-state index in [1.54, 1.807) is 0 Å². The molecule has 1 aliphatic rings. The number of rotatable bonds is 0. The van der Waals surface area contributed by atoms with Gasteiger partial charge in [0.1, 0.15) is 0 Å². The second-order valence-corrected chi connectivity index (χ2v) is 3.99. The van der Waals surface area contributed by atoms with Gasteiger partial charge in [-0.15, -0.1) is 0 Å². The molecule has 0 spiro atoms. The summed E-state index contributed by atoms with van der Waals surface area (Å²) in [5.74, 6) is 1.51. The van der Waals surface area contributed by atoms with Crippen molar-refractivity contribution in [3.05, 3.63) is 29.6 Å². The molecule has 1 nitrogen and oxygen atoms in total. The van der Waals surface area contributed by atoms with Gasteiger partial charge in [-0.1, -0.05) is 19.9 Å². The van der Waals surface area contributed by atoms with Crippen molar-refractivity contribution < 1.29 is 0 Å². The van der Waals surface area contributed by atoms with Crippen LogP contribution in [-0.4, -0.2) is 4.98 Å². The van der Waals surface area contributed by atoms with Crippen LogP contribution in [0.4, 0.5) is 0 Å². The van der Waals surface area contributed by atoms with Crippen molar-refractivity contribution in [3.8, 4) is 0 Å². The zero-order valence-electron chi connectivity index (χ0n) is 7.75. The molecule has 12 heavy (non-hydrogen) atoms. The minimum Gasteiger partial charge on any atom is -0.261 e. The van der Waals surface area contributed by atoms with E-state index in [-0.39, 0.29) is 0 Å². The van der Waals surface area contributed by atoms with E-state index < -0.39 is 0 Å². The van der Waals surface area contributed by atoms with Gasteiger partial charge in [-0.2, -0.15) is 0 Å². The molecule has 0 bridgehead atoms. The molecular formula is C11H15N. The molecule has 0 saturated heterocycles. The zero-order valence-corrected chi connectivity index (χ0v) is 7.75. The van der Waals surface area contributed by atoms with Crippen LogP contribution in [0.15, 0.2) is 18.3 Å². The Labute approximate surface area is 73.8 Å². The van der Waals surface area contributed by atoms with Crippen molar-refractivity contribution in [1.29, 1.82) is 0 Å². The molecule has 2 unspecified atom stereocenters. The van der Waals surface area contributed by atoms with Gasteiger partial charge in [-0.25, -0.2) is 0 Å². The molecule has 64 valence electrons. The number of nitrogens with zero attached hydrogens (tertiary/aromatic N) is 1. The van der Waals surface area contributed by atoms with Crippen LogP contribution in [0, 0.1) is 5.92 Å². The Balaban J connectivity index is 2.40. The molecular weight excluding hydrogens is 146 g/mol. The van der Waals surface area contributed by atoms with Crippen molar-refractivity contribution in [2.24, 2.45) is 5.92 Å². The Morgan fingerprint density at radius 2 is 2.25 bits per heavy atom. The van der Waals surface area contributed by atoms with Gasteiger partial charge < -0.3 is 0 Å². The smallest absolute Gasteiger partial charge is 0.0440 e. The number of hydrogen-bond acceptors (Lipinski definition) is 1. The van der Waals surface area contributed by atoms with Crippen molar-refractivity contribution in [3.63, 3.8) is 0 Å². The summed E-state index contributed by atoms with van der Waals surface area (Å²) in [6.07, 6.45) is 4.39. The van der Waals surface area contributed by atoms with Crippen molar-refractivity contribution in [2.75, 3.05) is 0 Å². The fraction of sp³-hybridized carbons (Fsp3) is 0.545. The maximum Gasteiger partial charge on any atom is 0.0440 e. The highest BCUT2D eigenvalue weighted by Gasteiger charge is 2.21. The number of aromatic nitrogens is 1. The summed E-state index contributed by atoms with van der Waals surface area (Å²) in [6, 6.07) is 4.27. The van der Waals surface area contributed by atoms with Gasteiger partial charge in [0, 0.05) is 11.9 Å². The quantitative estimate of drug-likeness (QED) is 0.570. The molecule has 0 saturated carbocycles. The lowest BCUT2D eigenvalue weighted by Gasteiger charge is -2.25. The molecule has 0 aromatic carbocycles.